The van der Waals surface area contributed by atoms with Gasteiger partial charge in [0.05, 0.1) is 0 Å². The monoisotopic (exact) mass is 311 g/mol. The summed E-state index contributed by atoms with van der Waals surface area (Å²) < 4.78 is 4.98. The topological polar surface area (TPSA) is 61.9 Å². The number of urea groups is 1. The maximum Gasteiger partial charge on any atom is 0.317 e. The number of carbonyl (C=O) groups excluding carboxylic acids is 2. The lowest BCUT2D eigenvalue weighted by molar-refractivity contribution is -0.140. The van der Waals surface area contributed by atoms with Crippen LogP contribution in [-0.2, 0) is 9.53 Å². The van der Waals surface area contributed by atoms with Gasteiger partial charge >= 0.3 is 6.03 Å². The molecule has 22 heavy (non-hydrogen) atoms. The quantitative estimate of drug-likeness (QED) is 0.755. The predicted molar refractivity (Wildman–Crippen MR) is 84.6 cm³/mol. The summed E-state index contributed by atoms with van der Waals surface area (Å²) in [7, 11) is 5.43. The Morgan fingerprint density at radius 2 is 2.27 bits per heavy atom. The Balaban J connectivity index is 1.90. The summed E-state index contributed by atoms with van der Waals surface area (Å²) in [4.78, 5) is 27.8. The summed E-state index contributed by atoms with van der Waals surface area (Å²) in [5.74, 6) is 0.245. The van der Waals surface area contributed by atoms with Crippen LogP contribution < -0.4 is 5.32 Å². The van der Waals surface area contributed by atoms with E-state index in [1.807, 2.05) is 19.0 Å². The largest absolute Gasteiger partial charge is 0.385 e. The molecule has 0 aromatic rings. The fourth-order valence-corrected chi connectivity index (χ4v) is 4.08. The van der Waals surface area contributed by atoms with Crippen molar-refractivity contribution in [2.75, 3.05) is 40.9 Å². The average molecular weight is 311 g/mol. The van der Waals surface area contributed by atoms with Crippen LogP contribution in [0.4, 0.5) is 4.79 Å². The highest BCUT2D eigenvalue weighted by molar-refractivity contribution is 5.78. The summed E-state index contributed by atoms with van der Waals surface area (Å²) in [6, 6.07) is 0.258. The van der Waals surface area contributed by atoms with E-state index < -0.39 is 0 Å². The molecule has 3 amide bonds. The van der Waals surface area contributed by atoms with Gasteiger partial charge in [0.2, 0.25) is 5.91 Å². The van der Waals surface area contributed by atoms with Crippen molar-refractivity contribution in [2.45, 2.75) is 44.6 Å². The van der Waals surface area contributed by atoms with Gasteiger partial charge in [-0.15, -0.1) is 0 Å². The van der Waals surface area contributed by atoms with Gasteiger partial charge in [0.1, 0.15) is 0 Å². The van der Waals surface area contributed by atoms with Crippen LogP contribution >= 0.6 is 0 Å². The molecule has 2 aliphatic rings. The molecule has 0 aromatic carbocycles. The number of rotatable bonds is 6. The second kappa shape index (κ2) is 7.31. The van der Waals surface area contributed by atoms with Gasteiger partial charge in [-0.25, -0.2) is 4.79 Å². The zero-order chi connectivity index (χ0) is 16.2. The first kappa shape index (κ1) is 17.1. The van der Waals surface area contributed by atoms with Gasteiger partial charge in [0.15, 0.2) is 0 Å². The minimum Gasteiger partial charge on any atom is -0.385 e. The van der Waals surface area contributed by atoms with E-state index in [-0.39, 0.29) is 23.4 Å². The molecule has 6 nitrogen and oxygen atoms in total. The Kier molecular flexibility index (Phi) is 5.67. The zero-order valence-electron chi connectivity index (χ0n) is 14.1. The first-order valence-corrected chi connectivity index (χ1v) is 8.24. The number of piperidine rings is 1. The molecule has 1 aliphatic heterocycles. The van der Waals surface area contributed by atoms with E-state index >= 15 is 0 Å². The number of nitrogens with one attached hydrogen (secondary N) is 1. The van der Waals surface area contributed by atoms with E-state index in [0.29, 0.717) is 19.6 Å². The van der Waals surface area contributed by atoms with E-state index in [1.54, 1.807) is 12.0 Å². The van der Waals surface area contributed by atoms with Gasteiger partial charge in [-0.05, 0) is 25.7 Å². The fraction of sp³-hybridized carbons (Fsp3) is 0.875. The standard InChI is InChI=1S/C16H29N3O3/c1-18(15(21)17-10-5-11-22-3)12-16-8-4-6-13(16)19(2)14(20)7-9-16/h13H,4-12H2,1-3H3,(H,17,21)/t13-,16+/m1/s1. The Morgan fingerprint density at radius 3 is 3.00 bits per heavy atom. The van der Waals surface area contributed by atoms with Gasteiger partial charge in [-0.2, -0.15) is 0 Å². The van der Waals surface area contributed by atoms with Crippen LogP contribution in [0.15, 0.2) is 0 Å². The van der Waals surface area contributed by atoms with E-state index in [1.165, 1.54) is 0 Å². The molecule has 1 heterocycles. The highest BCUT2D eigenvalue weighted by Gasteiger charge is 2.49. The maximum atomic E-state index is 12.2. The molecule has 2 atom stereocenters. The molecule has 0 unspecified atom stereocenters. The van der Waals surface area contributed by atoms with Gasteiger partial charge in [-0.3, -0.25) is 4.79 Å². The van der Waals surface area contributed by atoms with Crippen molar-refractivity contribution >= 4 is 11.9 Å². The Morgan fingerprint density at radius 1 is 1.50 bits per heavy atom. The molecule has 2 rings (SSSR count). The number of hydrogen-bond acceptors (Lipinski definition) is 3. The third-order valence-corrected chi connectivity index (χ3v) is 5.26. The van der Waals surface area contributed by atoms with E-state index in [4.69, 9.17) is 4.74 Å². The Bertz CT molecular complexity index is 415. The van der Waals surface area contributed by atoms with Crippen molar-refractivity contribution in [1.29, 1.82) is 0 Å². The summed E-state index contributed by atoms with van der Waals surface area (Å²) in [5, 5.41) is 2.93. The van der Waals surface area contributed by atoms with Crippen molar-refractivity contribution in [2.24, 2.45) is 5.41 Å². The van der Waals surface area contributed by atoms with Crippen LogP contribution in [0.1, 0.15) is 38.5 Å². The first-order valence-electron chi connectivity index (χ1n) is 8.24. The first-order chi connectivity index (χ1) is 10.5. The molecular weight excluding hydrogens is 282 g/mol. The lowest BCUT2D eigenvalue weighted by Gasteiger charge is -2.46. The van der Waals surface area contributed by atoms with Crippen molar-refractivity contribution in [3.63, 3.8) is 0 Å². The number of ether oxygens (including phenoxy) is 1. The number of likely N-dealkylation sites (tertiary alicyclic amines) is 1. The van der Waals surface area contributed by atoms with Crippen molar-refractivity contribution in [3.8, 4) is 0 Å². The second-order valence-corrected chi connectivity index (χ2v) is 6.71. The minimum atomic E-state index is -0.0318. The molecule has 2 fully saturated rings. The highest BCUT2D eigenvalue weighted by Crippen LogP contribution is 2.47. The molecule has 0 bridgehead atoms. The highest BCUT2D eigenvalue weighted by atomic mass is 16.5. The second-order valence-electron chi connectivity index (χ2n) is 6.71. The lowest BCUT2D eigenvalue weighted by atomic mass is 9.74. The molecule has 0 aromatic heterocycles. The normalized spacial score (nSPS) is 27.7. The Labute approximate surface area is 133 Å². The van der Waals surface area contributed by atoms with Crippen LogP contribution in [-0.4, -0.2) is 68.7 Å². The minimum absolute atomic E-state index is 0.0318. The molecule has 1 aliphatic carbocycles. The number of hydrogen-bond donors (Lipinski definition) is 1. The Hall–Kier alpha value is -1.30. The van der Waals surface area contributed by atoms with Crippen LogP contribution in [0, 0.1) is 5.41 Å². The van der Waals surface area contributed by atoms with Crippen LogP contribution in [0.25, 0.3) is 0 Å². The van der Waals surface area contributed by atoms with Crippen molar-refractivity contribution in [3.05, 3.63) is 0 Å². The summed E-state index contributed by atoms with van der Waals surface area (Å²) >= 11 is 0. The van der Waals surface area contributed by atoms with Gasteiger partial charge < -0.3 is 19.9 Å². The van der Waals surface area contributed by atoms with E-state index in [2.05, 4.69) is 5.32 Å². The predicted octanol–water partition coefficient (Wildman–Crippen LogP) is 1.46. The SMILES string of the molecule is COCCCNC(=O)N(C)C[C@@]12CCC[C@H]1N(C)C(=O)CC2. The molecule has 126 valence electrons. The zero-order valence-corrected chi connectivity index (χ0v) is 14.1. The number of methoxy groups -OCH3 is 1. The number of nitrogens with zero attached hydrogens (tertiary/aromatic N) is 2. The summed E-state index contributed by atoms with van der Waals surface area (Å²) in [6.45, 7) is 2.01. The average Bonchev–Trinajstić information content (AvgIpc) is 2.92. The fourth-order valence-electron chi connectivity index (χ4n) is 4.08. The van der Waals surface area contributed by atoms with Crippen LogP contribution in [0.5, 0.6) is 0 Å². The molecule has 0 spiro atoms. The molecule has 1 N–H and O–H groups in total. The third kappa shape index (κ3) is 3.54. The molecule has 1 saturated heterocycles. The third-order valence-electron chi connectivity index (χ3n) is 5.26. The molecule has 0 radical (unpaired) electrons. The molecule has 1 saturated carbocycles. The number of amides is 3. The number of carbonyl (C=O) groups is 2. The van der Waals surface area contributed by atoms with Gasteiger partial charge in [0, 0.05) is 58.8 Å². The smallest absolute Gasteiger partial charge is 0.317 e. The summed E-state index contributed by atoms with van der Waals surface area (Å²) in [5.41, 5.74) is 0.0846. The molecular formula is C16H29N3O3. The molecule has 6 heteroatoms. The van der Waals surface area contributed by atoms with Crippen molar-refractivity contribution in [1.82, 2.24) is 15.1 Å². The number of fused-ring (bicyclic) bond motifs is 1. The maximum absolute atomic E-state index is 12.2. The van der Waals surface area contributed by atoms with E-state index in [0.717, 1.165) is 38.6 Å². The van der Waals surface area contributed by atoms with Crippen molar-refractivity contribution < 1.29 is 14.3 Å². The lowest BCUT2D eigenvalue weighted by Crippen LogP contribution is -2.55. The van der Waals surface area contributed by atoms with Crippen LogP contribution in [0.2, 0.25) is 0 Å². The summed E-state index contributed by atoms with van der Waals surface area (Å²) in [6.07, 6.45) is 5.65. The van der Waals surface area contributed by atoms with Crippen LogP contribution in [0.3, 0.4) is 0 Å². The van der Waals surface area contributed by atoms with E-state index in [9.17, 15) is 9.59 Å². The van der Waals surface area contributed by atoms with Gasteiger partial charge in [-0.1, -0.05) is 6.42 Å². The van der Waals surface area contributed by atoms with Gasteiger partial charge in [0.25, 0.3) is 0 Å².